The third-order valence-corrected chi connectivity index (χ3v) is 12.1. The van der Waals surface area contributed by atoms with Gasteiger partial charge in [0.1, 0.15) is 36.5 Å². The van der Waals surface area contributed by atoms with Gasteiger partial charge in [0, 0.05) is 61.2 Å². The molecule has 0 radical (unpaired) electrons. The summed E-state index contributed by atoms with van der Waals surface area (Å²) in [6.45, 7) is 24.3. The van der Waals surface area contributed by atoms with E-state index in [-0.39, 0.29) is 50.7 Å². The molecule has 1 fully saturated rings. The Kier molecular flexibility index (Phi) is 28.4. The molecule has 18 heteroatoms. The minimum atomic E-state index is -1.39. The van der Waals surface area contributed by atoms with Crippen molar-refractivity contribution in [1.82, 2.24) is 40.0 Å². The lowest BCUT2D eigenvalue weighted by Gasteiger charge is -2.39. The molecule has 1 saturated heterocycles. The van der Waals surface area contributed by atoms with Crippen LogP contribution >= 0.6 is 0 Å². The van der Waals surface area contributed by atoms with Gasteiger partial charge in [-0.15, -0.1) is 0 Å². The van der Waals surface area contributed by atoms with Crippen LogP contribution in [0.15, 0.2) is 73.9 Å². The number of ether oxygens (including phenoxy) is 1. The highest BCUT2D eigenvalue weighted by Crippen LogP contribution is 2.22. The summed E-state index contributed by atoms with van der Waals surface area (Å²) in [4.78, 5) is 132. The number of carbonyl (C=O) groups is 9. The average molecular weight is 1010 g/mol. The smallest absolute Gasteiger partial charge is 0.247 e. The predicted octanol–water partition coefficient (Wildman–Crippen LogP) is 4.38. The summed E-state index contributed by atoms with van der Waals surface area (Å²) in [5.74, 6) is -4.58. The van der Waals surface area contributed by atoms with Crippen LogP contribution in [0.2, 0.25) is 0 Å². The van der Waals surface area contributed by atoms with E-state index < -0.39 is 89.6 Å². The van der Waals surface area contributed by atoms with Crippen molar-refractivity contribution in [3.8, 4) is 0 Å². The Morgan fingerprint density at radius 2 is 1.29 bits per heavy atom. The number of carbonyl (C=O) groups excluding carboxylic acids is 9. The molecule has 6 atom stereocenters. The standard InChI is InChI=1S/C54H86N8O10/c1-16-19-21-22-24-29-42(51(69)61(15)45(34-46(64)55-40(7)36-63)53(71)62-30-25-23-26-31-62)59(13)52(70)44(33-39(6)28-20-17-2)60(14)50(68)41(37-72-54(8,9)10)56-49(67)43(32-38(4)5)58(12)48(66)35-57(11)47(65)27-18-3/h16-17,19-22,24,28,36,38,40-45H,1-2,6,18,23,25-27,29-35,37H2,3-5,7-15H3,(H,55,64)(H,56,67)/b21-19-,24-22+,28-20-/t40-,41-,42-,43-,44-,45?/m0/s1. The van der Waals surface area contributed by atoms with E-state index in [1.807, 2.05) is 20.8 Å². The summed E-state index contributed by atoms with van der Waals surface area (Å²) in [5, 5.41) is 5.38. The summed E-state index contributed by atoms with van der Waals surface area (Å²) in [6, 6.07) is -7.20. The van der Waals surface area contributed by atoms with E-state index in [0.29, 0.717) is 31.4 Å². The van der Waals surface area contributed by atoms with Gasteiger partial charge in [-0.25, -0.2) is 0 Å². The normalized spacial score (nSPS) is 15.4. The van der Waals surface area contributed by atoms with Crippen molar-refractivity contribution < 1.29 is 47.9 Å². The zero-order valence-electron chi connectivity index (χ0n) is 45.3. The molecule has 1 unspecified atom stereocenters. The van der Waals surface area contributed by atoms with Gasteiger partial charge in [0.2, 0.25) is 47.3 Å². The van der Waals surface area contributed by atoms with Crippen LogP contribution < -0.4 is 10.6 Å². The van der Waals surface area contributed by atoms with Crippen LogP contribution in [0.25, 0.3) is 0 Å². The molecule has 402 valence electrons. The van der Waals surface area contributed by atoms with E-state index in [9.17, 15) is 38.4 Å². The monoisotopic (exact) mass is 1010 g/mol. The maximum Gasteiger partial charge on any atom is 0.247 e. The van der Waals surface area contributed by atoms with Gasteiger partial charge in [-0.05, 0) is 72.1 Å². The van der Waals surface area contributed by atoms with Gasteiger partial charge < -0.3 is 49.6 Å². The first kappa shape index (κ1) is 63.8. The van der Waals surface area contributed by atoms with Gasteiger partial charge >= 0.3 is 0 Å². The van der Waals surface area contributed by atoms with Crippen molar-refractivity contribution >= 4 is 53.5 Å². The molecular weight excluding hydrogens is 921 g/mol. The van der Waals surface area contributed by atoms with E-state index in [4.69, 9.17) is 4.74 Å². The molecule has 18 nitrogen and oxygen atoms in total. The summed E-state index contributed by atoms with van der Waals surface area (Å²) in [6.07, 6.45) is 16.4. The Balaban J connectivity index is 3.93. The summed E-state index contributed by atoms with van der Waals surface area (Å²) in [5.41, 5.74) is -0.361. The van der Waals surface area contributed by atoms with Gasteiger partial charge in [-0.2, -0.15) is 0 Å². The number of allylic oxidation sites excluding steroid dienone is 7. The summed E-state index contributed by atoms with van der Waals surface area (Å²) < 4.78 is 6.10. The Morgan fingerprint density at radius 1 is 0.708 bits per heavy atom. The Morgan fingerprint density at radius 3 is 1.85 bits per heavy atom. The van der Waals surface area contributed by atoms with E-state index in [0.717, 1.165) is 19.3 Å². The number of aldehydes is 1. The number of nitrogens with one attached hydrogen (secondary N) is 2. The van der Waals surface area contributed by atoms with Gasteiger partial charge in [-0.3, -0.25) is 38.4 Å². The first-order chi connectivity index (χ1) is 33.8. The van der Waals surface area contributed by atoms with E-state index in [2.05, 4.69) is 30.4 Å². The first-order valence-corrected chi connectivity index (χ1v) is 24.9. The topological polar surface area (TPSA) is 206 Å². The predicted molar refractivity (Wildman–Crippen MR) is 281 cm³/mol. The second-order valence-corrected chi connectivity index (χ2v) is 19.9. The molecular formula is C54H86N8O10. The fourth-order valence-electron chi connectivity index (χ4n) is 7.82. The SMILES string of the molecule is C=C/C=C\C=C\C[C@@H](C(=O)N(C)C(CC(=O)N[C@@H](C)C=O)C(=O)N1CCCCC1)N(C)C(=O)[C@H](CC(=C)/C=C\C=C)N(C)C(=O)[C@H](COC(C)(C)C)NC(=O)[C@H](CC(C)C)N(C)C(=O)CN(C)C(=O)CCC. The van der Waals surface area contributed by atoms with Crippen LogP contribution in [0.1, 0.15) is 106 Å². The van der Waals surface area contributed by atoms with Crippen molar-refractivity contribution in [3.05, 3.63) is 73.9 Å². The minimum Gasteiger partial charge on any atom is -0.373 e. The quantitative estimate of drug-likeness (QED) is 0.0768. The molecule has 0 bridgehead atoms. The first-order valence-electron chi connectivity index (χ1n) is 24.9. The molecule has 0 aromatic heterocycles. The molecule has 1 aliphatic rings. The second-order valence-electron chi connectivity index (χ2n) is 19.9. The summed E-state index contributed by atoms with van der Waals surface area (Å²) in [7, 11) is 7.22. The molecule has 0 spiro atoms. The molecule has 1 aliphatic heterocycles. The Bertz CT molecular complexity index is 1980. The zero-order valence-corrected chi connectivity index (χ0v) is 45.3. The summed E-state index contributed by atoms with van der Waals surface area (Å²) >= 11 is 0. The van der Waals surface area contributed by atoms with Crippen molar-refractivity contribution in [2.45, 2.75) is 148 Å². The maximum atomic E-state index is 15.2. The van der Waals surface area contributed by atoms with Crippen LogP contribution in [-0.2, 0) is 47.9 Å². The molecule has 8 amide bonds. The number of likely N-dealkylation sites (tertiary alicyclic amines) is 1. The van der Waals surface area contributed by atoms with Gasteiger partial charge in [-0.1, -0.05) is 94.7 Å². The third-order valence-electron chi connectivity index (χ3n) is 12.1. The highest BCUT2D eigenvalue weighted by molar-refractivity contribution is 5.98. The van der Waals surface area contributed by atoms with Gasteiger partial charge in [0.25, 0.3) is 0 Å². The van der Waals surface area contributed by atoms with Crippen molar-refractivity contribution in [2.75, 3.05) is 61.5 Å². The highest BCUT2D eigenvalue weighted by Gasteiger charge is 2.42. The van der Waals surface area contributed by atoms with E-state index in [1.165, 1.54) is 72.7 Å². The van der Waals surface area contributed by atoms with E-state index >= 15 is 4.79 Å². The van der Waals surface area contributed by atoms with Crippen LogP contribution in [0.3, 0.4) is 0 Å². The number of likely N-dealkylation sites (N-methyl/N-ethyl adjacent to an activating group) is 5. The number of nitrogens with zero attached hydrogens (tertiary/aromatic N) is 6. The lowest BCUT2D eigenvalue weighted by atomic mass is 10.00. The number of amides is 8. The number of piperidine rings is 1. The molecule has 0 aromatic carbocycles. The van der Waals surface area contributed by atoms with Crippen molar-refractivity contribution in [2.24, 2.45) is 5.92 Å². The Hall–Kier alpha value is -6.17. The second kappa shape index (κ2) is 32.0. The number of rotatable bonds is 30. The highest BCUT2D eigenvalue weighted by atomic mass is 16.5. The minimum absolute atomic E-state index is 0.0578. The number of hydrogen-bond acceptors (Lipinski definition) is 10. The Labute approximate surface area is 429 Å². The fraction of sp³-hybridized carbons (Fsp3) is 0.611. The van der Waals surface area contributed by atoms with Crippen LogP contribution in [0.4, 0.5) is 0 Å². The zero-order chi connectivity index (χ0) is 54.9. The molecule has 0 saturated carbocycles. The van der Waals surface area contributed by atoms with Crippen molar-refractivity contribution in [1.29, 1.82) is 0 Å². The maximum absolute atomic E-state index is 15.2. The van der Waals surface area contributed by atoms with Crippen molar-refractivity contribution in [3.63, 3.8) is 0 Å². The molecule has 1 heterocycles. The third kappa shape index (κ3) is 21.7. The number of hydrogen-bond donors (Lipinski definition) is 2. The van der Waals surface area contributed by atoms with Crippen LogP contribution in [-0.4, -0.2) is 186 Å². The molecule has 0 aliphatic carbocycles. The molecule has 72 heavy (non-hydrogen) atoms. The molecule has 2 N–H and O–H groups in total. The average Bonchev–Trinajstić information content (AvgIpc) is 3.33. The lowest BCUT2D eigenvalue weighted by molar-refractivity contribution is -0.154. The lowest BCUT2D eigenvalue weighted by Crippen LogP contribution is -2.61. The van der Waals surface area contributed by atoms with E-state index in [1.54, 1.807) is 68.2 Å². The van der Waals surface area contributed by atoms with Gasteiger partial charge in [0.05, 0.1) is 31.2 Å². The molecule has 1 rings (SSSR count). The van der Waals surface area contributed by atoms with Crippen LogP contribution in [0.5, 0.6) is 0 Å². The fourth-order valence-corrected chi connectivity index (χ4v) is 7.82. The molecule has 0 aromatic rings. The van der Waals surface area contributed by atoms with Crippen LogP contribution in [0, 0.1) is 5.92 Å². The van der Waals surface area contributed by atoms with Gasteiger partial charge in [0.15, 0.2) is 0 Å². The largest absolute Gasteiger partial charge is 0.373 e.